The summed E-state index contributed by atoms with van der Waals surface area (Å²) >= 11 is 0. The molecule has 2 atom stereocenters. The molecular formula is C6H10F3N. The van der Waals surface area contributed by atoms with E-state index in [1.54, 1.807) is 0 Å². The number of hydrogen-bond acceptors (Lipinski definition) is 1. The van der Waals surface area contributed by atoms with Crippen molar-refractivity contribution in [2.75, 3.05) is 0 Å². The zero-order chi connectivity index (χ0) is 7.78. The highest BCUT2D eigenvalue weighted by Crippen LogP contribution is 2.37. The molecule has 1 saturated carbocycles. The van der Waals surface area contributed by atoms with Crippen LogP contribution in [-0.4, -0.2) is 12.2 Å². The predicted molar refractivity (Wildman–Crippen MR) is 31.4 cm³/mol. The Balaban J connectivity index is 2.45. The smallest absolute Gasteiger partial charge is 0.328 e. The molecule has 1 fully saturated rings. The summed E-state index contributed by atoms with van der Waals surface area (Å²) in [5.41, 5.74) is 5.32. The number of rotatable bonds is 0. The minimum atomic E-state index is -4.02. The van der Waals surface area contributed by atoms with Crippen LogP contribution in [0, 0.1) is 5.92 Å². The van der Waals surface area contributed by atoms with E-state index in [9.17, 15) is 13.2 Å². The van der Waals surface area contributed by atoms with Crippen LogP contribution in [0.4, 0.5) is 13.2 Å². The molecule has 0 amide bonds. The van der Waals surface area contributed by atoms with Gasteiger partial charge in [0.2, 0.25) is 0 Å². The predicted octanol–water partition coefficient (Wildman–Crippen LogP) is 1.68. The Kier molecular flexibility index (Phi) is 1.90. The summed E-state index contributed by atoms with van der Waals surface area (Å²) in [6.45, 7) is 0. The van der Waals surface area contributed by atoms with Crippen molar-refractivity contribution in [3.63, 3.8) is 0 Å². The third-order valence-corrected chi connectivity index (χ3v) is 1.94. The summed E-state index contributed by atoms with van der Waals surface area (Å²) in [7, 11) is 0. The molecule has 2 unspecified atom stereocenters. The quantitative estimate of drug-likeness (QED) is 0.563. The van der Waals surface area contributed by atoms with Crippen molar-refractivity contribution in [2.24, 2.45) is 11.7 Å². The monoisotopic (exact) mass is 153 g/mol. The van der Waals surface area contributed by atoms with E-state index < -0.39 is 12.1 Å². The first-order valence-electron chi connectivity index (χ1n) is 3.32. The molecular weight excluding hydrogens is 143 g/mol. The van der Waals surface area contributed by atoms with Gasteiger partial charge in [0.05, 0.1) is 5.92 Å². The minimum Gasteiger partial charge on any atom is -0.328 e. The number of halogens is 3. The zero-order valence-electron chi connectivity index (χ0n) is 5.49. The van der Waals surface area contributed by atoms with Crippen LogP contribution >= 0.6 is 0 Å². The van der Waals surface area contributed by atoms with E-state index in [1.807, 2.05) is 0 Å². The average molecular weight is 153 g/mol. The van der Waals surface area contributed by atoms with Crippen molar-refractivity contribution in [2.45, 2.75) is 31.5 Å². The SMILES string of the molecule is NC1CCC(C(F)(F)F)C1. The lowest BCUT2D eigenvalue weighted by Crippen LogP contribution is -2.22. The molecule has 10 heavy (non-hydrogen) atoms. The van der Waals surface area contributed by atoms with Crippen molar-refractivity contribution >= 4 is 0 Å². The van der Waals surface area contributed by atoms with E-state index in [4.69, 9.17) is 5.73 Å². The maximum atomic E-state index is 11.9. The van der Waals surface area contributed by atoms with Crippen molar-refractivity contribution in [1.82, 2.24) is 0 Å². The standard InChI is InChI=1S/C6H10F3N/c7-6(8,9)4-1-2-5(10)3-4/h4-5H,1-3,10H2. The fraction of sp³-hybridized carbons (Fsp3) is 1.00. The molecule has 1 aliphatic rings. The summed E-state index contributed by atoms with van der Waals surface area (Å²) in [6.07, 6.45) is -3.17. The highest BCUT2D eigenvalue weighted by molar-refractivity contribution is 4.81. The van der Waals surface area contributed by atoms with Crippen LogP contribution in [0.15, 0.2) is 0 Å². The Morgan fingerprint density at radius 3 is 2.00 bits per heavy atom. The molecule has 1 nitrogen and oxygen atoms in total. The van der Waals surface area contributed by atoms with E-state index in [-0.39, 0.29) is 18.9 Å². The van der Waals surface area contributed by atoms with Gasteiger partial charge in [0.15, 0.2) is 0 Å². The van der Waals surface area contributed by atoms with Gasteiger partial charge in [-0.05, 0) is 19.3 Å². The second-order valence-corrected chi connectivity index (χ2v) is 2.81. The normalized spacial score (nSPS) is 34.8. The maximum Gasteiger partial charge on any atom is 0.391 e. The van der Waals surface area contributed by atoms with Crippen molar-refractivity contribution in [3.05, 3.63) is 0 Å². The summed E-state index contributed by atoms with van der Waals surface area (Å²) in [5.74, 6) is -1.14. The molecule has 0 aliphatic heterocycles. The Morgan fingerprint density at radius 2 is 1.80 bits per heavy atom. The first-order valence-corrected chi connectivity index (χ1v) is 3.32. The van der Waals surface area contributed by atoms with Crippen molar-refractivity contribution < 1.29 is 13.2 Å². The zero-order valence-corrected chi connectivity index (χ0v) is 5.49. The van der Waals surface area contributed by atoms with Crippen LogP contribution in [0.5, 0.6) is 0 Å². The van der Waals surface area contributed by atoms with Crippen molar-refractivity contribution in [3.8, 4) is 0 Å². The molecule has 0 saturated heterocycles. The van der Waals surface area contributed by atoms with E-state index in [1.165, 1.54) is 0 Å². The van der Waals surface area contributed by atoms with Crippen LogP contribution < -0.4 is 5.73 Å². The number of nitrogens with two attached hydrogens (primary N) is 1. The molecule has 1 rings (SSSR count). The van der Waals surface area contributed by atoms with E-state index in [0.29, 0.717) is 6.42 Å². The van der Waals surface area contributed by atoms with Gasteiger partial charge in [0, 0.05) is 6.04 Å². The first-order chi connectivity index (χ1) is 4.50. The largest absolute Gasteiger partial charge is 0.391 e. The first kappa shape index (κ1) is 7.85. The molecule has 0 radical (unpaired) electrons. The Morgan fingerprint density at radius 1 is 1.20 bits per heavy atom. The summed E-state index contributed by atoms with van der Waals surface area (Å²) in [6, 6.07) is -0.230. The van der Waals surface area contributed by atoms with E-state index in [0.717, 1.165) is 0 Å². The second-order valence-electron chi connectivity index (χ2n) is 2.81. The lowest BCUT2D eigenvalue weighted by Gasteiger charge is -2.12. The van der Waals surface area contributed by atoms with Gasteiger partial charge in [-0.25, -0.2) is 0 Å². The highest BCUT2D eigenvalue weighted by Gasteiger charge is 2.42. The molecule has 0 aromatic heterocycles. The van der Waals surface area contributed by atoms with Crippen LogP contribution in [0.2, 0.25) is 0 Å². The topological polar surface area (TPSA) is 26.0 Å². The van der Waals surface area contributed by atoms with Gasteiger partial charge in [-0.2, -0.15) is 13.2 Å². The molecule has 2 N–H and O–H groups in total. The second kappa shape index (κ2) is 2.42. The average Bonchev–Trinajstić information content (AvgIpc) is 2.11. The Bertz CT molecular complexity index is 121. The lowest BCUT2D eigenvalue weighted by molar-refractivity contribution is -0.172. The molecule has 4 heteroatoms. The van der Waals surface area contributed by atoms with Gasteiger partial charge >= 0.3 is 6.18 Å². The summed E-state index contributed by atoms with van der Waals surface area (Å²) < 4.78 is 35.6. The van der Waals surface area contributed by atoms with Gasteiger partial charge in [0.1, 0.15) is 0 Å². The van der Waals surface area contributed by atoms with Gasteiger partial charge in [-0.1, -0.05) is 0 Å². The lowest BCUT2D eigenvalue weighted by atomic mass is 10.1. The van der Waals surface area contributed by atoms with Crippen molar-refractivity contribution in [1.29, 1.82) is 0 Å². The van der Waals surface area contributed by atoms with E-state index in [2.05, 4.69) is 0 Å². The van der Waals surface area contributed by atoms with Crippen LogP contribution in [0.1, 0.15) is 19.3 Å². The van der Waals surface area contributed by atoms with Crippen LogP contribution in [-0.2, 0) is 0 Å². The third kappa shape index (κ3) is 1.62. The van der Waals surface area contributed by atoms with Crippen LogP contribution in [0.25, 0.3) is 0 Å². The molecule has 0 heterocycles. The van der Waals surface area contributed by atoms with Gasteiger partial charge < -0.3 is 5.73 Å². The molecule has 60 valence electrons. The number of alkyl halides is 3. The molecule has 0 bridgehead atoms. The van der Waals surface area contributed by atoms with E-state index >= 15 is 0 Å². The third-order valence-electron chi connectivity index (χ3n) is 1.94. The summed E-state index contributed by atoms with van der Waals surface area (Å²) in [5, 5.41) is 0. The van der Waals surface area contributed by atoms with Gasteiger partial charge in [-0.3, -0.25) is 0 Å². The molecule has 0 aromatic carbocycles. The minimum absolute atomic E-state index is 0.115. The van der Waals surface area contributed by atoms with Crippen LogP contribution in [0.3, 0.4) is 0 Å². The Hall–Kier alpha value is -0.250. The summed E-state index contributed by atoms with van der Waals surface area (Å²) in [4.78, 5) is 0. The molecule has 0 spiro atoms. The molecule has 1 aliphatic carbocycles. The highest BCUT2D eigenvalue weighted by atomic mass is 19.4. The van der Waals surface area contributed by atoms with Gasteiger partial charge in [-0.15, -0.1) is 0 Å². The Labute approximate surface area is 57.4 Å². The molecule has 0 aromatic rings. The maximum absolute atomic E-state index is 11.9. The van der Waals surface area contributed by atoms with Gasteiger partial charge in [0.25, 0.3) is 0 Å². The fourth-order valence-electron chi connectivity index (χ4n) is 1.31. The number of hydrogen-bond donors (Lipinski definition) is 1. The fourth-order valence-corrected chi connectivity index (χ4v) is 1.31.